The minimum Gasteiger partial charge on any atom is -0.462 e. The quantitative estimate of drug-likeness (QED) is 0.0261. The molecule has 0 rings (SSSR count). The van der Waals surface area contributed by atoms with E-state index in [9.17, 15) is 14.4 Å². The Morgan fingerprint density at radius 2 is 0.526 bits per heavy atom. The van der Waals surface area contributed by atoms with Gasteiger partial charge in [0.1, 0.15) is 13.2 Å². The van der Waals surface area contributed by atoms with Crippen molar-refractivity contribution < 1.29 is 28.6 Å². The van der Waals surface area contributed by atoms with E-state index in [1.807, 2.05) is 0 Å². The third-order valence-corrected chi connectivity index (χ3v) is 14.9. The second kappa shape index (κ2) is 66.4. The van der Waals surface area contributed by atoms with Crippen LogP contribution in [0.25, 0.3) is 0 Å². The predicted molar refractivity (Wildman–Crippen MR) is 339 cm³/mol. The molecule has 0 heterocycles. The number of allylic oxidation sites excluding steroid dienone is 12. The van der Waals surface area contributed by atoms with Crippen molar-refractivity contribution in [3.8, 4) is 0 Å². The van der Waals surface area contributed by atoms with Gasteiger partial charge in [0, 0.05) is 19.3 Å². The zero-order valence-electron chi connectivity index (χ0n) is 51.9. The fourth-order valence-electron chi connectivity index (χ4n) is 9.89. The van der Waals surface area contributed by atoms with E-state index in [2.05, 4.69) is 93.7 Å². The van der Waals surface area contributed by atoms with Gasteiger partial charge in [0.2, 0.25) is 0 Å². The Morgan fingerprint density at radius 1 is 0.269 bits per heavy atom. The molecule has 0 radical (unpaired) electrons. The van der Waals surface area contributed by atoms with Crippen molar-refractivity contribution in [3.05, 3.63) is 72.9 Å². The van der Waals surface area contributed by atoms with Crippen LogP contribution >= 0.6 is 0 Å². The lowest BCUT2D eigenvalue weighted by molar-refractivity contribution is -0.167. The number of hydrogen-bond acceptors (Lipinski definition) is 6. The number of ether oxygens (including phenoxy) is 3. The predicted octanol–water partition coefficient (Wildman–Crippen LogP) is 23.3. The smallest absolute Gasteiger partial charge is 0.306 e. The van der Waals surface area contributed by atoms with Gasteiger partial charge in [-0.25, -0.2) is 0 Å². The molecule has 0 spiro atoms. The highest BCUT2D eigenvalue weighted by Gasteiger charge is 2.19. The molecule has 6 heteroatoms. The monoisotopic (exact) mass is 1090 g/mol. The summed E-state index contributed by atoms with van der Waals surface area (Å²) in [4.78, 5) is 38.2. The number of carbonyl (C=O) groups excluding carboxylic acids is 3. The van der Waals surface area contributed by atoms with Gasteiger partial charge >= 0.3 is 17.9 Å². The van der Waals surface area contributed by atoms with Crippen LogP contribution in [-0.2, 0) is 28.6 Å². The van der Waals surface area contributed by atoms with Crippen molar-refractivity contribution in [3.63, 3.8) is 0 Å². The normalized spacial score (nSPS) is 12.5. The van der Waals surface area contributed by atoms with Crippen LogP contribution in [-0.4, -0.2) is 37.2 Å². The van der Waals surface area contributed by atoms with Crippen LogP contribution in [0.1, 0.15) is 348 Å². The molecule has 0 saturated heterocycles. The van der Waals surface area contributed by atoms with E-state index < -0.39 is 6.10 Å². The standard InChI is InChI=1S/C72H128O6/c1-4-7-10-13-16-19-22-25-26-27-28-29-30-31-32-33-34-35-36-37-38-39-40-41-42-43-44-45-46-48-50-53-56-59-62-65-71(74)77-68-69(67-76-70(73)64-61-58-55-52-49-24-21-18-15-12-9-6-3)78-72(75)66-63-60-57-54-51-47-23-20-17-14-11-8-5-2/h7,10-11,14,16,19-20,23,25-26,28-29,69H,4-6,8-9,12-13,15,17-18,21-22,24,27,30-68H2,1-3H3/b10-7-,14-11-,19-16-,23-20-,26-25-,29-28-. The molecular formula is C72H128O6. The van der Waals surface area contributed by atoms with Gasteiger partial charge in [-0.1, -0.05) is 318 Å². The molecule has 78 heavy (non-hydrogen) atoms. The van der Waals surface area contributed by atoms with Crippen LogP contribution < -0.4 is 0 Å². The van der Waals surface area contributed by atoms with Gasteiger partial charge in [-0.05, 0) is 83.5 Å². The molecule has 0 fully saturated rings. The highest BCUT2D eigenvalue weighted by molar-refractivity contribution is 5.71. The van der Waals surface area contributed by atoms with Crippen molar-refractivity contribution >= 4 is 17.9 Å². The summed E-state index contributed by atoms with van der Waals surface area (Å²) in [6.45, 7) is 6.49. The summed E-state index contributed by atoms with van der Waals surface area (Å²) in [6, 6.07) is 0. The first-order valence-electron chi connectivity index (χ1n) is 33.9. The molecule has 0 aromatic carbocycles. The molecule has 6 nitrogen and oxygen atoms in total. The number of esters is 3. The van der Waals surface area contributed by atoms with Crippen molar-refractivity contribution in [2.75, 3.05) is 13.2 Å². The summed E-state index contributed by atoms with van der Waals surface area (Å²) in [5.74, 6) is -0.871. The van der Waals surface area contributed by atoms with Gasteiger partial charge in [-0.2, -0.15) is 0 Å². The topological polar surface area (TPSA) is 78.9 Å². The lowest BCUT2D eigenvalue weighted by atomic mass is 10.0. The molecule has 452 valence electrons. The molecule has 1 atom stereocenters. The second-order valence-electron chi connectivity index (χ2n) is 22.7. The zero-order chi connectivity index (χ0) is 56.4. The maximum absolute atomic E-state index is 12.9. The van der Waals surface area contributed by atoms with Crippen molar-refractivity contribution in [1.82, 2.24) is 0 Å². The maximum Gasteiger partial charge on any atom is 0.306 e. The van der Waals surface area contributed by atoms with E-state index in [0.29, 0.717) is 19.3 Å². The van der Waals surface area contributed by atoms with E-state index >= 15 is 0 Å². The molecule has 0 amide bonds. The van der Waals surface area contributed by atoms with E-state index in [4.69, 9.17) is 14.2 Å². The van der Waals surface area contributed by atoms with Crippen LogP contribution in [0.3, 0.4) is 0 Å². The molecule has 0 aromatic heterocycles. The summed E-state index contributed by atoms with van der Waals surface area (Å²) in [6.07, 6.45) is 86.6. The van der Waals surface area contributed by atoms with E-state index in [-0.39, 0.29) is 31.1 Å². The van der Waals surface area contributed by atoms with E-state index in [1.54, 1.807) is 0 Å². The first kappa shape index (κ1) is 74.8. The lowest BCUT2D eigenvalue weighted by Crippen LogP contribution is -2.30. The summed E-state index contributed by atoms with van der Waals surface area (Å²) in [5, 5.41) is 0. The molecule has 0 aliphatic rings. The van der Waals surface area contributed by atoms with Crippen molar-refractivity contribution in [1.29, 1.82) is 0 Å². The Kier molecular flexibility index (Phi) is 63.7. The molecular weight excluding hydrogens is 961 g/mol. The largest absolute Gasteiger partial charge is 0.462 e. The number of unbranched alkanes of at least 4 members (excludes halogenated alkanes) is 39. The van der Waals surface area contributed by atoms with Gasteiger partial charge in [0.05, 0.1) is 0 Å². The fraction of sp³-hybridized carbons (Fsp3) is 0.792. The number of hydrogen-bond donors (Lipinski definition) is 0. The van der Waals surface area contributed by atoms with Crippen LogP contribution in [0.5, 0.6) is 0 Å². The summed E-state index contributed by atoms with van der Waals surface area (Å²) >= 11 is 0. The Balaban J connectivity index is 4.03. The Morgan fingerprint density at radius 3 is 0.833 bits per heavy atom. The maximum atomic E-state index is 12.9. The van der Waals surface area contributed by atoms with Gasteiger partial charge in [-0.3, -0.25) is 14.4 Å². The van der Waals surface area contributed by atoms with Gasteiger partial charge < -0.3 is 14.2 Å². The lowest BCUT2D eigenvalue weighted by Gasteiger charge is -2.18. The zero-order valence-corrected chi connectivity index (χ0v) is 51.9. The molecule has 1 unspecified atom stereocenters. The summed E-state index contributed by atoms with van der Waals surface area (Å²) in [7, 11) is 0. The Bertz CT molecular complexity index is 1440. The third-order valence-electron chi connectivity index (χ3n) is 14.9. The average Bonchev–Trinajstić information content (AvgIpc) is 3.44. The van der Waals surface area contributed by atoms with E-state index in [0.717, 1.165) is 116 Å². The van der Waals surface area contributed by atoms with Gasteiger partial charge in [-0.15, -0.1) is 0 Å². The minimum absolute atomic E-state index is 0.0750. The first-order valence-corrected chi connectivity index (χ1v) is 33.9. The van der Waals surface area contributed by atoms with Crippen molar-refractivity contribution in [2.24, 2.45) is 0 Å². The SMILES string of the molecule is CC/C=C\C/C=C\C/C=C\C/C=C\CCCCCCCCCCCCCCCCCCCCCCCCC(=O)OCC(COC(=O)CCCCCCCCCCCCCC)OC(=O)CCCCCCC/C=C\C/C=C\CCC. The van der Waals surface area contributed by atoms with Crippen LogP contribution in [0.4, 0.5) is 0 Å². The van der Waals surface area contributed by atoms with E-state index in [1.165, 1.54) is 193 Å². The van der Waals surface area contributed by atoms with Gasteiger partial charge in [0.25, 0.3) is 0 Å². The van der Waals surface area contributed by atoms with Crippen LogP contribution in [0.15, 0.2) is 72.9 Å². The fourth-order valence-corrected chi connectivity index (χ4v) is 9.89. The molecule has 0 aromatic rings. The molecule has 0 aliphatic heterocycles. The molecule has 0 saturated carbocycles. The molecule has 0 bridgehead atoms. The summed E-state index contributed by atoms with van der Waals surface area (Å²) < 4.78 is 16.9. The summed E-state index contributed by atoms with van der Waals surface area (Å²) in [5.41, 5.74) is 0. The Hall–Kier alpha value is -3.15. The molecule has 0 aliphatic carbocycles. The highest BCUT2D eigenvalue weighted by Crippen LogP contribution is 2.18. The van der Waals surface area contributed by atoms with Crippen LogP contribution in [0, 0.1) is 0 Å². The second-order valence-corrected chi connectivity index (χ2v) is 22.7. The average molecular weight is 1090 g/mol. The third kappa shape index (κ3) is 63.7. The number of carbonyl (C=O) groups is 3. The minimum atomic E-state index is -0.778. The van der Waals surface area contributed by atoms with Crippen molar-refractivity contribution in [2.45, 2.75) is 354 Å². The van der Waals surface area contributed by atoms with Gasteiger partial charge in [0.15, 0.2) is 6.10 Å². The number of rotatable bonds is 62. The van der Waals surface area contributed by atoms with Crippen LogP contribution in [0.2, 0.25) is 0 Å². The first-order chi connectivity index (χ1) is 38.5. The highest BCUT2D eigenvalue weighted by atomic mass is 16.6. The molecule has 0 N–H and O–H groups in total. The Labute approximate surface area is 484 Å².